The minimum atomic E-state index is -0.203. The van der Waals surface area contributed by atoms with Gasteiger partial charge in [-0.3, -0.25) is 4.79 Å². The highest BCUT2D eigenvalue weighted by atomic mass is 16.5. The van der Waals surface area contributed by atoms with E-state index >= 15 is 0 Å². The maximum absolute atomic E-state index is 12.6. The van der Waals surface area contributed by atoms with Crippen LogP contribution in [-0.4, -0.2) is 41.5 Å². The summed E-state index contributed by atoms with van der Waals surface area (Å²) >= 11 is 0. The number of Topliss-reactive ketones (excluding diaryl/α,β-unsaturated/α-hetero) is 1. The fraction of sp³-hybridized carbons (Fsp3) is 0.556. The van der Waals surface area contributed by atoms with Gasteiger partial charge in [0.25, 0.3) is 0 Å². The molecule has 1 saturated heterocycles. The Bertz CT molecular complexity index is 583. The fourth-order valence-electron chi connectivity index (χ4n) is 3.04. The maximum Gasteiger partial charge on any atom is 0.322 e. The van der Waals surface area contributed by atoms with Gasteiger partial charge in [-0.15, -0.1) is 0 Å². The molecular weight excluding hydrogens is 292 g/mol. The fourth-order valence-corrected chi connectivity index (χ4v) is 3.04. The summed E-state index contributed by atoms with van der Waals surface area (Å²) in [7, 11) is 0. The summed E-state index contributed by atoms with van der Waals surface area (Å²) in [6.45, 7) is 8.92. The molecule has 23 heavy (non-hydrogen) atoms. The van der Waals surface area contributed by atoms with Gasteiger partial charge >= 0.3 is 6.03 Å². The van der Waals surface area contributed by atoms with E-state index in [0.717, 1.165) is 12.8 Å². The molecule has 2 rings (SSSR count). The van der Waals surface area contributed by atoms with Gasteiger partial charge in [0, 0.05) is 30.4 Å². The number of benzene rings is 1. The molecule has 1 aromatic rings. The Morgan fingerprint density at radius 2 is 2.13 bits per heavy atom. The molecular formula is C18H26N2O3. The zero-order chi connectivity index (χ0) is 17.0. The second-order valence-electron chi connectivity index (χ2n) is 6.61. The number of anilines is 1. The van der Waals surface area contributed by atoms with Crippen LogP contribution in [0.15, 0.2) is 24.3 Å². The number of nitrogens with zero attached hydrogens (tertiary/aromatic N) is 1. The topological polar surface area (TPSA) is 58.6 Å². The van der Waals surface area contributed by atoms with Gasteiger partial charge in [0.05, 0.1) is 5.60 Å². The van der Waals surface area contributed by atoms with E-state index in [0.29, 0.717) is 24.4 Å². The van der Waals surface area contributed by atoms with E-state index in [1.165, 1.54) is 6.92 Å². The molecule has 0 aromatic heterocycles. The lowest BCUT2D eigenvalue weighted by atomic mass is 9.93. The Balaban J connectivity index is 2.08. The number of urea groups is 1. The van der Waals surface area contributed by atoms with E-state index in [1.54, 1.807) is 24.3 Å². The van der Waals surface area contributed by atoms with Crippen molar-refractivity contribution in [2.75, 3.05) is 18.5 Å². The van der Waals surface area contributed by atoms with Gasteiger partial charge in [-0.25, -0.2) is 4.79 Å². The third-order valence-electron chi connectivity index (χ3n) is 4.23. The number of hydrogen-bond donors (Lipinski definition) is 1. The molecule has 0 saturated carbocycles. The van der Waals surface area contributed by atoms with Crippen molar-refractivity contribution in [2.45, 2.75) is 52.2 Å². The highest BCUT2D eigenvalue weighted by molar-refractivity contribution is 5.96. The first-order chi connectivity index (χ1) is 10.8. The molecule has 0 bridgehead atoms. The first-order valence-electron chi connectivity index (χ1n) is 8.15. The van der Waals surface area contributed by atoms with Gasteiger partial charge in [-0.05, 0) is 52.7 Å². The van der Waals surface area contributed by atoms with Crippen LogP contribution < -0.4 is 5.32 Å². The van der Waals surface area contributed by atoms with Crippen LogP contribution in [0.25, 0.3) is 0 Å². The maximum atomic E-state index is 12.6. The van der Waals surface area contributed by atoms with E-state index in [4.69, 9.17) is 4.74 Å². The van der Waals surface area contributed by atoms with Crippen LogP contribution in [0.1, 0.15) is 50.9 Å². The molecule has 1 N–H and O–H groups in total. The Morgan fingerprint density at radius 3 is 2.74 bits per heavy atom. The Kier molecular flexibility index (Phi) is 5.42. The summed E-state index contributed by atoms with van der Waals surface area (Å²) in [6, 6.07) is 7.07. The number of ether oxygens (including phenoxy) is 1. The summed E-state index contributed by atoms with van der Waals surface area (Å²) in [5.74, 6) is -0.0142. The molecule has 5 nitrogen and oxygen atoms in total. The molecule has 5 heteroatoms. The van der Waals surface area contributed by atoms with E-state index in [9.17, 15) is 9.59 Å². The molecule has 0 unspecified atom stereocenters. The predicted molar refractivity (Wildman–Crippen MR) is 90.9 cm³/mol. The average Bonchev–Trinajstić information content (AvgIpc) is 2.47. The van der Waals surface area contributed by atoms with Crippen molar-refractivity contribution in [1.82, 2.24) is 4.90 Å². The molecule has 1 aliphatic heterocycles. The third kappa shape index (κ3) is 4.55. The van der Waals surface area contributed by atoms with Crippen LogP contribution in [0, 0.1) is 0 Å². The minimum absolute atomic E-state index is 0.0142. The second kappa shape index (κ2) is 7.13. The third-order valence-corrected chi connectivity index (χ3v) is 4.23. The second-order valence-corrected chi connectivity index (χ2v) is 6.61. The largest absolute Gasteiger partial charge is 0.375 e. The molecule has 1 atom stereocenters. The van der Waals surface area contributed by atoms with Crippen molar-refractivity contribution in [2.24, 2.45) is 0 Å². The number of ketones is 1. The first-order valence-corrected chi connectivity index (χ1v) is 8.15. The van der Waals surface area contributed by atoms with Gasteiger partial charge in [-0.1, -0.05) is 12.1 Å². The molecule has 1 fully saturated rings. The summed E-state index contributed by atoms with van der Waals surface area (Å²) in [4.78, 5) is 25.9. The van der Waals surface area contributed by atoms with E-state index in [-0.39, 0.29) is 23.5 Å². The Morgan fingerprint density at radius 1 is 1.39 bits per heavy atom. The highest BCUT2D eigenvalue weighted by Crippen LogP contribution is 2.27. The van der Waals surface area contributed by atoms with Crippen molar-refractivity contribution in [3.63, 3.8) is 0 Å². The lowest BCUT2D eigenvalue weighted by Gasteiger charge is -2.40. The Labute approximate surface area is 138 Å². The molecule has 2 amide bonds. The number of nitrogens with one attached hydrogen (secondary N) is 1. The summed E-state index contributed by atoms with van der Waals surface area (Å²) in [5.41, 5.74) is 1.04. The van der Waals surface area contributed by atoms with Crippen molar-refractivity contribution >= 4 is 17.5 Å². The summed E-state index contributed by atoms with van der Waals surface area (Å²) in [6.07, 6.45) is 1.67. The molecule has 1 aliphatic rings. The van der Waals surface area contributed by atoms with Crippen molar-refractivity contribution < 1.29 is 14.3 Å². The average molecular weight is 318 g/mol. The summed E-state index contributed by atoms with van der Waals surface area (Å²) in [5, 5.41) is 2.91. The number of amides is 2. The zero-order valence-electron chi connectivity index (χ0n) is 14.4. The van der Waals surface area contributed by atoms with E-state index in [1.807, 2.05) is 11.8 Å². The van der Waals surface area contributed by atoms with Crippen LogP contribution >= 0.6 is 0 Å². The predicted octanol–water partition coefficient (Wildman–Crippen LogP) is 3.70. The van der Waals surface area contributed by atoms with Crippen molar-refractivity contribution in [3.05, 3.63) is 29.8 Å². The molecule has 0 radical (unpaired) electrons. The smallest absolute Gasteiger partial charge is 0.322 e. The van der Waals surface area contributed by atoms with Crippen LogP contribution in [-0.2, 0) is 4.74 Å². The number of carbonyl (C=O) groups is 2. The van der Waals surface area contributed by atoms with Crippen LogP contribution in [0.5, 0.6) is 0 Å². The SMILES string of the molecule is CCN(C(=O)Nc1cccc(C(C)=O)c1)[C@H]1CCOC(C)(C)C1. The van der Waals surface area contributed by atoms with Gasteiger partial charge in [-0.2, -0.15) is 0 Å². The number of rotatable bonds is 4. The van der Waals surface area contributed by atoms with E-state index in [2.05, 4.69) is 19.2 Å². The number of hydrogen-bond acceptors (Lipinski definition) is 3. The molecule has 1 aromatic carbocycles. The molecule has 126 valence electrons. The van der Waals surface area contributed by atoms with Crippen LogP contribution in [0.2, 0.25) is 0 Å². The highest BCUT2D eigenvalue weighted by Gasteiger charge is 2.33. The van der Waals surface area contributed by atoms with Crippen LogP contribution in [0.3, 0.4) is 0 Å². The van der Waals surface area contributed by atoms with Crippen molar-refractivity contribution in [3.8, 4) is 0 Å². The van der Waals surface area contributed by atoms with Gasteiger partial charge < -0.3 is 15.0 Å². The lowest BCUT2D eigenvalue weighted by molar-refractivity contribution is -0.0758. The van der Waals surface area contributed by atoms with Gasteiger partial charge in [0.2, 0.25) is 0 Å². The van der Waals surface area contributed by atoms with Crippen LogP contribution in [0.4, 0.5) is 10.5 Å². The summed E-state index contributed by atoms with van der Waals surface area (Å²) < 4.78 is 5.73. The van der Waals surface area contributed by atoms with E-state index < -0.39 is 0 Å². The first kappa shape index (κ1) is 17.5. The Hall–Kier alpha value is -1.88. The van der Waals surface area contributed by atoms with Crippen molar-refractivity contribution in [1.29, 1.82) is 0 Å². The molecule has 0 aliphatic carbocycles. The zero-order valence-corrected chi connectivity index (χ0v) is 14.4. The quantitative estimate of drug-likeness (QED) is 0.861. The monoisotopic (exact) mass is 318 g/mol. The van der Waals surface area contributed by atoms with Gasteiger partial charge in [0.1, 0.15) is 0 Å². The standard InChI is InChI=1S/C18H26N2O3/c1-5-20(16-9-10-23-18(3,4)12-16)17(22)19-15-8-6-7-14(11-15)13(2)21/h6-8,11,16H,5,9-10,12H2,1-4H3,(H,19,22)/t16-/m0/s1. The lowest BCUT2D eigenvalue weighted by Crippen LogP contribution is -2.49. The van der Waals surface area contributed by atoms with Gasteiger partial charge in [0.15, 0.2) is 5.78 Å². The molecule has 1 heterocycles. The molecule has 0 spiro atoms. The normalized spacial score (nSPS) is 19.9. The minimum Gasteiger partial charge on any atom is -0.375 e. The number of carbonyl (C=O) groups excluding carboxylic acids is 2.